The molecule has 3 heteroatoms. The molecule has 0 aliphatic rings. The quantitative estimate of drug-likeness (QED) is 0.171. The van der Waals surface area contributed by atoms with Gasteiger partial charge in [0.1, 0.15) is 0 Å². The van der Waals surface area contributed by atoms with Gasteiger partial charge in [-0.3, -0.25) is 0 Å². The fourth-order valence-corrected chi connectivity index (χ4v) is 8.60. The molecule has 0 radical (unpaired) electrons. The average molecular weight is 667 g/mol. The van der Waals surface area contributed by atoms with E-state index in [2.05, 4.69) is 170 Å². The van der Waals surface area contributed by atoms with Gasteiger partial charge in [-0.15, -0.1) is 11.3 Å². The summed E-state index contributed by atoms with van der Waals surface area (Å²) in [7, 11) is 0. The molecule has 0 unspecified atom stereocenters. The summed E-state index contributed by atoms with van der Waals surface area (Å²) in [6.45, 7) is 0. The molecular formula is C48H30N2S. The van der Waals surface area contributed by atoms with Crippen molar-refractivity contribution in [2.24, 2.45) is 0 Å². The first-order valence-corrected chi connectivity index (χ1v) is 18.1. The van der Waals surface area contributed by atoms with Crippen LogP contribution < -0.4 is 0 Å². The van der Waals surface area contributed by atoms with Crippen LogP contribution in [0.4, 0.5) is 0 Å². The number of fused-ring (bicyclic) bond motifs is 6. The van der Waals surface area contributed by atoms with Gasteiger partial charge >= 0.3 is 0 Å². The molecule has 8 aromatic carbocycles. The highest BCUT2D eigenvalue weighted by molar-refractivity contribution is 7.26. The Morgan fingerprint density at radius 1 is 0.353 bits per heavy atom. The highest BCUT2D eigenvalue weighted by Crippen LogP contribution is 2.45. The zero-order chi connectivity index (χ0) is 33.7. The first kappa shape index (κ1) is 29.5. The van der Waals surface area contributed by atoms with Crippen LogP contribution in [-0.2, 0) is 0 Å². The maximum absolute atomic E-state index is 5.34. The van der Waals surface area contributed by atoms with Crippen molar-refractivity contribution >= 4 is 53.1 Å². The summed E-state index contributed by atoms with van der Waals surface area (Å²) >= 11 is 1.82. The number of hydrogen-bond donors (Lipinski definition) is 0. The van der Waals surface area contributed by atoms with Gasteiger partial charge < -0.3 is 0 Å². The maximum Gasteiger partial charge on any atom is 0.161 e. The summed E-state index contributed by atoms with van der Waals surface area (Å²) in [4.78, 5) is 10.7. The molecule has 0 saturated heterocycles. The number of thiophene rings is 1. The normalized spacial score (nSPS) is 11.5. The van der Waals surface area contributed by atoms with Gasteiger partial charge in [0.25, 0.3) is 0 Å². The van der Waals surface area contributed by atoms with Gasteiger partial charge in [0.15, 0.2) is 5.82 Å². The van der Waals surface area contributed by atoms with Crippen LogP contribution in [0.2, 0.25) is 0 Å². The molecule has 51 heavy (non-hydrogen) atoms. The van der Waals surface area contributed by atoms with Crippen molar-refractivity contribution < 1.29 is 0 Å². The van der Waals surface area contributed by atoms with Gasteiger partial charge in [0, 0.05) is 36.9 Å². The molecule has 0 aliphatic heterocycles. The van der Waals surface area contributed by atoms with Crippen molar-refractivity contribution in [3.63, 3.8) is 0 Å². The zero-order valence-electron chi connectivity index (χ0n) is 27.6. The molecular weight excluding hydrogens is 637 g/mol. The van der Waals surface area contributed by atoms with Crippen LogP contribution in [0.25, 0.3) is 97.9 Å². The molecule has 238 valence electrons. The number of aromatic nitrogens is 2. The topological polar surface area (TPSA) is 25.8 Å². The van der Waals surface area contributed by atoms with E-state index in [1.54, 1.807) is 0 Å². The molecule has 0 spiro atoms. The average Bonchev–Trinajstić information content (AvgIpc) is 3.60. The molecule has 0 atom stereocenters. The second-order valence-corrected chi connectivity index (χ2v) is 14.0. The molecule has 2 heterocycles. The van der Waals surface area contributed by atoms with Crippen LogP contribution in [0.3, 0.4) is 0 Å². The van der Waals surface area contributed by atoms with E-state index in [1.807, 2.05) is 23.5 Å². The van der Waals surface area contributed by atoms with E-state index >= 15 is 0 Å². The summed E-state index contributed by atoms with van der Waals surface area (Å²) in [6.07, 6.45) is 0. The lowest BCUT2D eigenvalue weighted by Crippen LogP contribution is -1.98. The predicted octanol–water partition coefficient (Wildman–Crippen LogP) is 13.5. The predicted molar refractivity (Wildman–Crippen MR) is 217 cm³/mol. The Bertz CT molecular complexity index is 2830. The summed E-state index contributed by atoms with van der Waals surface area (Å²) in [5, 5.41) is 7.48. The van der Waals surface area contributed by atoms with E-state index in [9.17, 15) is 0 Å². The minimum Gasteiger partial charge on any atom is -0.228 e. The lowest BCUT2D eigenvalue weighted by molar-refractivity contribution is 1.19. The van der Waals surface area contributed by atoms with Crippen molar-refractivity contribution in [1.82, 2.24) is 9.97 Å². The van der Waals surface area contributed by atoms with Crippen molar-refractivity contribution in [1.29, 1.82) is 0 Å². The zero-order valence-corrected chi connectivity index (χ0v) is 28.4. The van der Waals surface area contributed by atoms with Gasteiger partial charge in [-0.2, -0.15) is 0 Å². The van der Waals surface area contributed by atoms with Crippen molar-refractivity contribution in [2.75, 3.05) is 0 Å². The van der Waals surface area contributed by atoms with Crippen LogP contribution in [0.1, 0.15) is 0 Å². The third-order valence-electron chi connectivity index (χ3n) is 9.91. The fourth-order valence-electron chi connectivity index (χ4n) is 7.48. The molecule has 0 amide bonds. The number of hydrogen-bond acceptors (Lipinski definition) is 3. The van der Waals surface area contributed by atoms with Crippen LogP contribution in [0.5, 0.6) is 0 Å². The van der Waals surface area contributed by atoms with Crippen molar-refractivity contribution in [2.45, 2.75) is 0 Å². The first-order valence-electron chi connectivity index (χ1n) is 17.2. The van der Waals surface area contributed by atoms with Gasteiger partial charge in [-0.05, 0) is 68.1 Å². The maximum atomic E-state index is 5.34. The third-order valence-corrected chi connectivity index (χ3v) is 11.0. The van der Waals surface area contributed by atoms with Gasteiger partial charge in [0.05, 0.1) is 11.4 Å². The Morgan fingerprint density at radius 3 is 1.59 bits per heavy atom. The fraction of sp³-hybridized carbons (Fsp3) is 0. The van der Waals surface area contributed by atoms with Crippen LogP contribution in [0.15, 0.2) is 182 Å². The second kappa shape index (κ2) is 12.2. The molecule has 0 saturated carbocycles. The standard InChI is InChI=1S/C48H30N2S/c1-3-13-33(14-4-1)42-30-43(34-15-5-2-6-16-34)50-48(49-42)47-37(27-28-45-46(47)40-21-11-12-22-44(40)51-45)31-23-25-32(26-24-31)41-29-35-17-7-8-18-36(35)38-19-9-10-20-39(38)41/h1-30H. The molecule has 2 nitrogen and oxygen atoms in total. The Hall–Kier alpha value is -6.42. The first-order chi connectivity index (χ1) is 25.3. The molecule has 0 bridgehead atoms. The monoisotopic (exact) mass is 666 g/mol. The van der Waals surface area contributed by atoms with Crippen molar-refractivity contribution in [3.05, 3.63) is 182 Å². The van der Waals surface area contributed by atoms with E-state index in [-0.39, 0.29) is 0 Å². The van der Waals surface area contributed by atoms with Gasteiger partial charge in [-0.1, -0.05) is 158 Å². The lowest BCUT2D eigenvalue weighted by atomic mass is 9.91. The minimum atomic E-state index is 0.726. The van der Waals surface area contributed by atoms with E-state index < -0.39 is 0 Å². The van der Waals surface area contributed by atoms with E-state index in [4.69, 9.17) is 9.97 Å². The largest absolute Gasteiger partial charge is 0.228 e. The molecule has 0 N–H and O–H groups in total. The lowest BCUT2D eigenvalue weighted by Gasteiger charge is -2.15. The van der Waals surface area contributed by atoms with E-state index in [0.717, 1.165) is 45.0 Å². The summed E-state index contributed by atoms with van der Waals surface area (Å²) in [5.41, 5.74) is 9.67. The van der Waals surface area contributed by atoms with Gasteiger partial charge in [0.2, 0.25) is 0 Å². The summed E-state index contributed by atoms with van der Waals surface area (Å²) in [6, 6.07) is 65.0. The van der Waals surface area contributed by atoms with Crippen molar-refractivity contribution in [3.8, 4) is 56.2 Å². The Kier molecular flexibility index (Phi) is 7.04. The number of benzene rings is 8. The molecule has 10 rings (SSSR count). The van der Waals surface area contributed by atoms with Crippen LogP contribution >= 0.6 is 11.3 Å². The van der Waals surface area contributed by atoms with E-state index in [1.165, 1.54) is 52.8 Å². The highest BCUT2D eigenvalue weighted by atomic mass is 32.1. The minimum absolute atomic E-state index is 0.726. The number of rotatable bonds is 5. The summed E-state index contributed by atoms with van der Waals surface area (Å²) in [5.74, 6) is 0.726. The smallest absolute Gasteiger partial charge is 0.161 e. The van der Waals surface area contributed by atoms with Crippen LogP contribution in [-0.4, -0.2) is 9.97 Å². The molecule has 0 fully saturated rings. The molecule has 0 aliphatic carbocycles. The van der Waals surface area contributed by atoms with E-state index in [0.29, 0.717) is 0 Å². The Balaban J connectivity index is 1.21. The number of nitrogens with zero attached hydrogens (tertiary/aromatic N) is 2. The third kappa shape index (κ3) is 5.10. The van der Waals surface area contributed by atoms with Crippen LogP contribution in [0, 0.1) is 0 Å². The highest BCUT2D eigenvalue weighted by Gasteiger charge is 2.21. The second-order valence-electron chi connectivity index (χ2n) is 12.9. The molecule has 10 aromatic rings. The SMILES string of the molecule is c1ccc(-c2cc(-c3ccccc3)nc(-c3c(-c4ccc(-c5cc6ccccc6c6ccccc56)cc4)ccc4sc5ccccc5c34)n2)cc1. The van der Waals surface area contributed by atoms with Gasteiger partial charge in [-0.25, -0.2) is 9.97 Å². The summed E-state index contributed by atoms with van der Waals surface area (Å²) < 4.78 is 2.48. The molecule has 2 aromatic heterocycles. The Labute approximate surface area is 300 Å². The Morgan fingerprint density at radius 2 is 0.902 bits per heavy atom.